The molecule has 2 aromatic carbocycles. The van der Waals surface area contributed by atoms with Crippen molar-refractivity contribution in [1.29, 1.82) is 0 Å². The van der Waals surface area contributed by atoms with Crippen molar-refractivity contribution in [2.45, 2.75) is 19.9 Å². The van der Waals surface area contributed by atoms with Gasteiger partial charge in [0.05, 0.1) is 22.6 Å². The van der Waals surface area contributed by atoms with Crippen LogP contribution in [-0.4, -0.2) is 20.4 Å². The van der Waals surface area contributed by atoms with Gasteiger partial charge in [0.25, 0.3) is 5.56 Å². The Morgan fingerprint density at radius 3 is 2.62 bits per heavy atom. The van der Waals surface area contributed by atoms with E-state index < -0.39 is 6.04 Å². The topological polar surface area (TPSA) is 115 Å². The summed E-state index contributed by atoms with van der Waals surface area (Å²) in [5.74, 6) is 0.133. The molecular weight excluding hydrogens is 428 g/mol. The van der Waals surface area contributed by atoms with E-state index in [0.717, 1.165) is 5.39 Å². The van der Waals surface area contributed by atoms with Crippen molar-refractivity contribution in [2.75, 3.05) is 16.4 Å². The smallest absolute Gasteiger partial charge is 0.264 e. The largest absolute Gasteiger partial charge is 0.368 e. The molecule has 0 aliphatic rings. The van der Waals surface area contributed by atoms with E-state index in [0.29, 0.717) is 33.3 Å². The van der Waals surface area contributed by atoms with E-state index in [2.05, 4.69) is 20.6 Å². The Labute approximate surface area is 189 Å². The van der Waals surface area contributed by atoms with Gasteiger partial charge < -0.3 is 16.4 Å². The second kappa shape index (κ2) is 8.68. The number of anilines is 3. The maximum atomic E-state index is 13.5. The Kier molecular flexibility index (Phi) is 5.79. The van der Waals surface area contributed by atoms with Crippen LogP contribution >= 0.6 is 11.6 Å². The predicted molar refractivity (Wildman–Crippen MR) is 127 cm³/mol. The number of nitrogens with zero attached hydrogens (tertiary/aromatic N) is 3. The fraction of sp³-hybridized carbons (Fsp3) is 0.130. The molecule has 9 heteroatoms. The molecule has 0 saturated heterocycles. The third-order valence-corrected chi connectivity index (χ3v) is 5.27. The molecule has 2 heterocycles. The third kappa shape index (κ3) is 4.13. The minimum Gasteiger partial charge on any atom is -0.368 e. The average molecular weight is 449 g/mol. The highest BCUT2D eigenvalue weighted by Gasteiger charge is 2.19. The molecular formula is C23H21ClN6O2. The molecule has 8 nitrogen and oxygen atoms in total. The average Bonchev–Trinajstić information content (AvgIpc) is 2.75. The molecule has 0 spiro atoms. The number of benzene rings is 2. The van der Waals surface area contributed by atoms with E-state index in [4.69, 9.17) is 17.3 Å². The number of amides is 1. The normalized spacial score (nSPS) is 11.8. The summed E-state index contributed by atoms with van der Waals surface area (Å²) >= 11 is 6.37. The van der Waals surface area contributed by atoms with Gasteiger partial charge in [0.2, 0.25) is 11.9 Å². The van der Waals surface area contributed by atoms with Crippen LogP contribution in [-0.2, 0) is 4.79 Å². The molecule has 0 fully saturated rings. The molecule has 0 saturated carbocycles. The number of pyridine rings is 1. The minimum absolute atomic E-state index is 0.0551. The predicted octanol–water partition coefficient (Wildman–Crippen LogP) is 4.15. The lowest BCUT2D eigenvalue weighted by Gasteiger charge is -2.22. The fourth-order valence-electron chi connectivity index (χ4n) is 3.57. The Bertz CT molecular complexity index is 1370. The van der Waals surface area contributed by atoms with E-state index >= 15 is 0 Å². The standard InChI is InChI=1S/C23H21ClN6O2/c1-13(27-21-18(28-14(2)31)12-26-23(25)29-21)19-11-15-7-6-10-17(24)20(15)22(32)30(19)16-8-4-3-5-9-16/h3-13H,1-2H3,(H,28,31)(H3,25,26,27,29). The summed E-state index contributed by atoms with van der Waals surface area (Å²) < 4.78 is 1.62. The minimum atomic E-state index is -0.395. The van der Waals surface area contributed by atoms with E-state index in [9.17, 15) is 9.59 Å². The molecule has 0 aliphatic heterocycles. The van der Waals surface area contributed by atoms with Crippen LogP contribution in [0.15, 0.2) is 65.6 Å². The third-order valence-electron chi connectivity index (χ3n) is 4.95. The van der Waals surface area contributed by atoms with Crippen LogP contribution < -0.4 is 21.9 Å². The van der Waals surface area contributed by atoms with Gasteiger partial charge in [0.1, 0.15) is 5.69 Å². The van der Waals surface area contributed by atoms with E-state index in [1.807, 2.05) is 49.4 Å². The monoisotopic (exact) mass is 448 g/mol. The van der Waals surface area contributed by atoms with Crippen molar-refractivity contribution in [2.24, 2.45) is 0 Å². The van der Waals surface area contributed by atoms with Crippen molar-refractivity contribution in [3.05, 3.63) is 81.9 Å². The molecule has 162 valence electrons. The number of hydrogen-bond acceptors (Lipinski definition) is 6. The Hall–Kier alpha value is -3.91. The molecule has 1 unspecified atom stereocenters. The number of aromatic nitrogens is 3. The Morgan fingerprint density at radius 1 is 1.16 bits per heavy atom. The number of fused-ring (bicyclic) bond motifs is 1. The summed E-state index contributed by atoms with van der Waals surface area (Å²) in [5.41, 5.74) is 7.30. The summed E-state index contributed by atoms with van der Waals surface area (Å²) in [6.45, 7) is 3.28. The van der Waals surface area contributed by atoms with Gasteiger partial charge in [-0.05, 0) is 36.6 Å². The van der Waals surface area contributed by atoms with E-state index in [1.54, 1.807) is 16.7 Å². The van der Waals surface area contributed by atoms with Crippen molar-refractivity contribution in [3.63, 3.8) is 0 Å². The molecule has 0 bridgehead atoms. The van der Waals surface area contributed by atoms with Gasteiger partial charge >= 0.3 is 0 Å². The van der Waals surface area contributed by atoms with Crippen LogP contribution in [0.3, 0.4) is 0 Å². The lowest BCUT2D eigenvalue weighted by Crippen LogP contribution is -2.26. The van der Waals surface area contributed by atoms with Crippen LogP contribution in [0, 0.1) is 0 Å². The number of halogens is 1. The molecule has 32 heavy (non-hydrogen) atoms. The van der Waals surface area contributed by atoms with E-state index in [-0.39, 0.29) is 17.4 Å². The maximum Gasteiger partial charge on any atom is 0.264 e. The van der Waals surface area contributed by atoms with Gasteiger partial charge in [-0.15, -0.1) is 0 Å². The number of nitrogen functional groups attached to an aromatic ring is 1. The number of para-hydroxylation sites is 1. The van der Waals surface area contributed by atoms with Gasteiger partial charge in [0.15, 0.2) is 5.82 Å². The molecule has 4 aromatic rings. The summed E-state index contributed by atoms with van der Waals surface area (Å²) in [7, 11) is 0. The van der Waals surface area contributed by atoms with Crippen LogP contribution in [0.25, 0.3) is 16.5 Å². The number of carbonyl (C=O) groups is 1. The molecule has 1 amide bonds. The van der Waals surface area contributed by atoms with Gasteiger partial charge in [-0.1, -0.05) is 41.9 Å². The molecule has 4 rings (SSSR count). The number of hydrogen-bond donors (Lipinski definition) is 3. The lowest BCUT2D eigenvalue weighted by molar-refractivity contribution is -0.114. The van der Waals surface area contributed by atoms with E-state index in [1.165, 1.54) is 13.1 Å². The highest BCUT2D eigenvalue weighted by atomic mass is 35.5. The van der Waals surface area contributed by atoms with Crippen LogP contribution in [0.1, 0.15) is 25.6 Å². The van der Waals surface area contributed by atoms with Gasteiger partial charge in [0, 0.05) is 18.3 Å². The van der Waals surface area contributed by atoms with Crippen molar-refractivity contribution in [1.82, 2.24) is 14.5 Å². The molecule has 0 radical (unpaired) electrons. The molecule has 2 aromatic heterocycles. The molecule has 4 N–H and O–H groups in total. The molecule has 0 aliphatic carbocycles. The van der Waals surface area contributed by atoms with Crippen LogP contribution in [0.5, 0.6) is 0 Å². The first kappa shape index (κ1) is 21.3. The zero-order valence-corrected chi connectivity index (χ0v) is 18.2. The SMILES string of the molecule is CC(=O)Nc1cnc(N)nc1NC(C)c1cc2cccc(Cl)c2c(=O)n1-c1ccccc1. The summed E-state index contributed by atoms with van der Waals surface area (Å²) in [5, 5.41) is 7.49. The van der Waals surface area contributed by atoms with Gasteiger partial charge in [-0.2, -0.15) is 4.98 Å². The second-order valence-electron chi connectivity index (χ2n) is 7.29. The van der Waals surface area contributed by atoms with Crippen molar-refractivity contribution in [3.8, 4) is 5.69 Å². The number of nitrogens with two attached hydrogens (primary N) is 1. The molecule has 1 atom stereocenters. The second-order valence-corrected chi connectivity index (χ2v) is 7.69. The van der Waals surface area contributed by atoms with Gasteiger partial charge in [-0.25, -0.2) is 4.98 Å². The van der Waals surface area contributed by atoms with Crippen LogP contribution in [0.2, 0.25) is 5.02 Å². The number of rotatable bonds is 5. The maximum absolute atomic E-state index is 13.5. The zero-order valence-electron chi connectivity index (χ0n) is 17.5. The zero-order chi connectivity index (χ0) is 22.8. The lowest BCUT2D eigenvalue weighted by atomic mass is 10.1. The van der Waals surface area contributed by atoms with Gasteiger partial charge in [-0.3, -0.25) is 14.2 Å². The first-order chi connectivity index (χ1) is 15.3. The summed E-state index contributed by atoms with van der Waals surface area (Å²) in [4.78, 5) is 33.3. The Morgan fingerprint density at radius 2 is 1.91 bits per heavy atom. The van der Waals surface area contributed by atoms with Crippen molar-refractivity contribution < 1.29 is 4.79 Å². The first-order valence-electron chi connectivity index (χ1n) is 9.91. The fourth-order valence-corrected chi connectivity index (χ4v) is 3.83. The number of nitrogens with one attached hydrogen (secondary N) is 2. The summed E-state index contributed by atoms with van der Waals surface area (Å²) in [6.07, 6.45) is 1.43. The highest BCUT2D eigenvalue weighted by molar-refractivity contribution is 6.35. The number of carbonyl (C=O) groups excluding carboxylic acids is 1. The van der Waals surface area contributed by atoms with Crippen LogP contribution in [0.4, 0.5) is 17.5 Å². The quantitative estimate of drug-likeness (QED) is 0.422. The van der Waals surface area contributed by atoms with Crippen molar-refractivity contribution >= 4 is 45.7 Å². The first-order valence-corrected chi connectivity index (χ1v) is 10.3. The summed E-state index contributed by atoms with van der Waals surface area (Å²) in [6, 6.07) is 16.2. The highest BCUT2D eigenvalue weighted by Crippen LogP contribution is 2.29. The Balaban J connectivity index is 1.89.